The smallest absolute Gasteiger partial charge is 0.273 e. The summed E-state index contributed by atoms with van der Waals surface area (Å²) in [4.78, 5) is 23.6. The molecular formula is C21H16Cl2N2O6S. The molecule has 3 aromatic carbocycles. The third kappa shape index (κ3) is 4.55. The van der Waals surface area contributed by atoms with Crippen LogP contribution in [-0.4, -0.2) is 26.4 Å². The number of carbonyl (C=O) groups is 1. The van der Waals surface area contributed by atoms with Crippen molar-refractivity contribution in [2.75, 3.05) is 11.4 Å². The number of hydrogen-bond donors (Lipinski definition) is 0. The van der Waals surface area contributed by atoms with Gasteiger partial charge in [0.2, 0.25) is 0 Å². The maximum absolute atomic E-state index is 13.5. The fourth-order valence-corrected chi connectivity index (χ4v) is 4.77. The van der Waals surface area contributed by atoms with E-state index in [1.54, 1.807) is 19.1 Å². The number of amides is 1. The number of non-ortho nitro benzene ring substituents is 1. The molecule has 0 N–H and O–H groups in total. The largest absolute Gasteiger partial charge is 0.495 e. The van der Waals surface area contributed by atoms with Crippen molar-refractivity contribution in [2.45, 2.75) is 11.8 Å². The number of nitro groups is 1. The third-order valence-corrected chi connectivity index (χ3v) is 6.84. The van der Waals surface area contributed by atoms with Gasteiger partial charge < -0.3 is 4.74 Å². The molecule has 0 heterocycles. The summed E-state index contributed by atoms with van der Waals surface area (Å²) in [7, 11) is -3.01. The Balaban J connectivity index is 2.21. The van der Waals surface area contributed by atoms with E-state index in [2.05, 4.69) is 0 Å². The lowest BCUT2D eigenvalue weighted by Gasteiger charge is -2.24. The molecule has 0 aliphatic carbocycles. The number of carbonyl (C=O) groups excluding carboxylic acids is 1. The summed E-state index contributed by atoms with van der Waals surface area (Å²) in [6, 6.07) is 13.1. The number of anilines is 1. The van der Waals surface area contributed by atoms with E-state index in [1.165, 1.54) is 37.4 Å². The van der Waals surface area contributed by atoms with Crippen LogP contribution in [0.1, 0.15) is 15.9 Å². The monoisotopic (exact) mass is 494 g/mol. The molecule has 0 bridgehead atoms. The molecule has 0 spiro atoms. The van der Waals surface area contributed by atoms with Crippen LogP contribution in [-0.2, 0) is 10.0 Å². The highest BCUT2D eigenvalue weighted by Gasteiger charge is 2.33. The minimum absolute atomic E-state index is 0.0594. The van der Waals surface area contributed by atoms with E-state index in [1.807, 2.05) is 0 Å². The molecule has 3 rings (SSSR count). The lowest BCUT2D eigenvalue weighted by Crippen LogP contribution is -2.37. The Labute approximate surface area is 194 Å². The average Bonchev–Trinajstić information content (AvgIpc) is 2.74. The second-order valence-corrected chi connectivity index (χ2v) is 9.23. The van der Waals surface area contributed by atoms with Crippen LogP contribution >= 0.6 is 23.2 Å². The normalized spacial score (nSPS) is 11.1. The zero-order valence-electron chi connectivity index (χ0n) is 16.8. The van der Waals surface area contributed by atoms with E-state index >= 15 is 0 Å². The molecule has 32 heavy (non-hydrogen) atoms. The molecule has 166 valence electrons. The molecule has 0 saturated heterocycles. The molecule has 3 aromatic rings. The third-order valence-electron chi connectivity index (χ3n) is 4.51. The first-order valence-corrected chi connectivity index (χ1v) is 11.2. The van der Waals surface area contributed by atoms with Crippen LogP contribution in [0.15, 0.2) is 65.6 Å². The van der Waals surface area contributed by atoms with Gasteiger partial charge in [0.05, 0.1) is 38.2 Å². The predicted molar refractivity (Wildman–Crippen MR) is 121 cm³/mol. The zero-order chi connectivity index (χ0) is 23.6. The summed E-state index contributed by atoms with van der Waals surface area (Å²) in [5.41, 5.74) is 0.190. The average molecular weight is 495 g/mol. The minimum Gasteiger partial charge on any atom is -0.495 e. The lowest BCUT2D eigenvalue weighted by molar-refractivity contribution is -0.384. The van der Waals surface area contributed by atoms with Crippen LogP contribution in [0.5, 0.6) is 5.75 Å². The molecule has 0 saturated carbocycles. The molecular weight excluding hydrogens is 479 g/mol. The van der Waals surface area contributed by atoms with Crippen molar-refractivity contribution in [3.63, 3.8) is 0 Å². The van der Waals surface area contributed by atoms with Crippen LogP contribution in [0, 0.1) is 17.0 Å². The van der Waals surface area contributed by atoms with Gasteiger partial charge in [-0.2, -0.15) is 4.31 Å². The van der Waals surface area contributed by atoms with Gasteiger partial charge in [-0.15, -0.1) is 0 Å². The lowest BCUT2D eigenvalue weighted by atomic mass is 10.2. The number of aryl methyl sites for hydroxylation is 1. The standard InChI is InChI=1S/C21H16Cl2N2O6S/c1-13-3-7-16(8-4-13)32(29,30)24(14-6-10-20(31-2)19(23)11-14)21(26)17-9-5-15(25(27)28)12-18(17)22/h3-12H,1-2H3. The Morgan fingerprint density at radius 2 is 1.66 bits per heavy atom. The van der Waals surface area contributed by atoms with Crippen molar-refractivity contribution in [3.05, 3.63) is 92.0 Å². The van der Waals surface area contributed by atoms with Gasteiger partial charge in [0.1, 0.15) is 5.75 Å². The highest BCUT2D eigenvalue weighted by atomic mass is 35.5. The summed E-state index contributed by atoms with van der Waals surface area (Å²) in [6.07, 6.45) is 0. The first-order valence-electron chi connectivity index (χ1n) is 9.00. The van der Waals surface area contributed by atoms with Gasteiger partial charge in [-0.1, -0.05) is 40.9 Å². The molecule has 0 atom stereocenters. The first kappa shape index (κ1) is 23.5. The summed E-state index contributed by atoms with van der Waals surface area (Å²) in [5.74, 6) is -0.726. The maximum atomic E-state index is 13.5. The molecule has 1 amide bonds. The summed E-state index contributed by atoms with van der Waals surface area (Å²) in [5, 5.41) is 10.8. The number of sulfonamides is 1. The van der Waals surface area contributed by atoms with E-state index in [0.717, 1.165) is 23.8 Å². The van der Waals surface area contributed by atoms with Gasteiger partial charge >= 0.3 is 0 Å². The molecule has 0 fully saturated rings. The van der Waals surface area contributed by atoms with E-state index < -0.39 is 20.9 Å². The number of hydrogen-bond acceptors (Lipinski definition) is 6. The zero-order valence-corrected chi connectivity index (χ0v) is 19.1. The van der Waals surface area contributed by atoms with Crippen molar-refractivity contribution >= 4 is 50.5 Å². The minimum atomic E-state index is -4.41. The van der Waals surface area contributed by atoms with E-state index in [-0.39, 0.29) is 37.6 Å². The Kier molecular flexibility index (Phi) is 6.73. The van der Waals surface area contributed by atoms with Gasteiger partial charge in [0, 0.05) is 12.1 Å². The SMILES string of the molecule is COc1ccc(N(C(=O)c2ccc([N+](=O)[O-])cc2Cl)S(=O)(=O)c2ccc(C)cc2)cc1Cl. The number of nitrogens with zero attached hydrogens (tertiary/aromatic N) is 2. The summed E-state index contributed by atoms with van der Waals surface area (Å²) in [6.45, 7) is 1.79. The molecule has 0 aliphatic rings. The van der Waals surface area contributed by atoms with E-state index in [4.69, 9.17) is 27.9 Å². The fourth-order valence-electron chi connectivity index (χ4n) is 2.86. The maximum Gasteiger partial charge on any atom is 0.273 e. The highest BCUT2D eigenvalue weighted by Crippen LogP contribution is 2.34. The Morgan fingerprint density at radius 1 is 1.00 bits per heavy atom. The van der Waals surface area contributed by atoms with Gasteiger partial charge in [-0.3, -0.25) is 14.9 Å². The number of rotatable bonds is 6. The number of methoxy groups -OCH3 is 1. The number of halogens is 2. The van der Waals surface area contributed by atoms with E-state index in [0.29, 0.717) is 4.31 Å². The van der Waals surface area contributed by atoms with Crippen LogP contribution < -0.4 is 9.04 Å². The predicted octanol–water partition coefficient (Wildman–Crippen LogP) is 5.25. The summed E-state index contributed by atoms with van der Waals surface area (Å²) >= 11 is 12.3. The molecule has 0 aliphatic heterocycles. The van der Waals surface area contributed by atoms with Crippen LogP contribution in [0.25, 0.3) is 0 Å². The number of nitro benzene ring substituents is 1. The van der Waals surface area contributed by atoms with E-state index in [9.17, 15) is 23.3 Å². The quantitative estimate of drug-likeness (QED) is 0.341. The topological polar surface area (TPSA) is 107 Å². The number of ether oxygens (including phenoxy) is 1. The Morgan fingerprint density at radius 3 is 2.19 bits per heavy atom. The van der Waals surface area contributed by atoms with Gasteiger partial charge in [-0.25, -0.2) is 8.42 Å². The van der Waals surface area contributed by atoms with Gasteiger partial charge in [-0.05, 0) is 43.3 Å². The molecule has 0 radical (unpaired) electrons. The molecule has 0 aromatic heterocycles. The molecule has 0 unspecified atom stereocenters. The molecule has 8 nitrogen and oxygen atoms in total. The van der Waals surface area contributed by atoms with Crippen molar-refractivity contribution in [3.8, 4) is 5.75 Å². The van der Waals surface area contributed by atoms with Crippen LogP contribution in [0.4, 0.5) is 11.4 Å². The fraction of sp³-hybridized carbons (Fsp3) is 0.0952. The van der Waals surface area contributed by atoms with Crippen molar-refractivity contribution in [1.82, 2.24) is 0 Å². The highest BCUT2D eigenvalue weighted by molar-refractivity contribution is 7.93. The Bertz CT molecular complexity index is 1310. The van der Waals surface area contributed by atoms with Crippen molar-refractivity contribution < 1.29 is 22.9 Å². The molecule has 11 heteroatoms. The van der Waals surface area contributed by atoms with Crippen LogP contribution in [0.2, 0.25) is 10.0 Å². The van der Waals surface area contributed by atoms with Crippen molar-refractivity contribution in [2.24, 2.45) is 0 Å². The summed E-state index contributed by atoms with van der Waals surface area (Å²) < 4.78 is 32.6. The second-order valence-electron chi connectivity index (χ2n) is 6.63. The second kappa shape index (κ2) is 9.15. The first-order chi connectivity index (χ1) is 15.1. The van der Waals surface area contributed by atoms with Gasteiger partial charge in [0.15, 0.2) is 0 Å². The van der Waals surface area contributed by atoms with Crippen LogP contribution in [0.3, 0.4) is 0 Å². The van der Waals surface area contributed by atoms with Gasteiger partial charge in [0.25, 0.3) is 21.6 Å². The number of benzene rings is 3. The van der Waals surface area contributed by atoms with Crippen molar-refractivity contribution in [1.29, 1.82) is 0 Å². The Hall–Kier alpha value is -3.14.